The maximum Gasteiger partial charge on any atom is 0.407 e. The minimum Gasteiger partial charge on any atom is -0.444 e. The number of aromatic amines is 2. The van der Waals surface area contributed by atoms with Crippen molar-refractivity contribution in [3.05, 3.63) is 82.1 Å². The van der Waals surface area contributed by atoms with Crippen LogP contribution in [0.25, 0.3) is 22.0 Å². The Kier molecular flexibility index (Phi) is 12.1. The third-order valence-electron chi connectivity index (χ3n) is 10.1. The summed E-state index contributed by atoms with van der Waals surface area (Å²) < 4.78 is 38.9. The number of ether oxygens (including phenoxy) is 2. The molecule has 1 saturated carbocycles. The monoisotopic (exact) mass is 774 g/mol. The Morgan fingerprint density at radius 1 is 0.945 bits per heavy atom. The van der Waals surface area contributed by atoms with Crippen molar-refractivity contribution in [2.24, 2.45) is 11.8 Å². The topological polar surface area (TPSA) is 192 Å². The van der Waals surface area contributed by atoms with E-state index in [4.69, 9.17) is 9.47 Å². The molecule has 6 rings (SSSR count). The first kappa shape index (κ1) is 39.7. The molecule has 15 heteroatoms. The number of hydrogen-bond donors (Lipinski definition) is 5. The number of hydrogen-bond acceptors (Lipinski definition) is 8. The van der Waals surface area contributed by atoms with Gasteiger partial charge in [-0.25, -0.2) is 13.2 Å². The summed E-state index contributed by atoms with van der Waals surface area (Å²) in [5.74, 6) is -0.704. The maximum absolute atomic E-state index is 13.8. The van der Waals surface area contributed by atoms with Gasteiger partial charge in [-0.05, 0) is 112 Å². The molecule has 0 unspecified atom stereocenters. The molecule has 0 bridgehead atoms. The third kappa shape index (κ3) is 10.0. The lowest BCUT2D eigenvalue weighted by molar-refractivity contribution is -0.130. The van der Waals surface area contributed by atoms with Crippen LogP contribution in [0.1, 0.15) is 57.6 Å². The Balaban J connectivity index is 1.15. The van der Waals surface area contributed by atoms with Gasteiger partial charge in [0.15, 0.2) is 0 Å². The van der Waals surface area contributed by atoms with Crippen LogP contribution in [-0.2, 0) is 35.5 Å². The van der Waals surface area contributed by atoms with E-state index in [1.165, 1.54) is 4.31 Å². The molecule has 3 aromatic carbocycles. The van der Waals surface area contributed by atoms with E-state index in [1.807, 2.05) is 52.0 Å². The fourth-order valence-corrected chi connectivity index (χ4v) is 8.51. The minimum atomic E-state index is -3.69. The van der Waals surface area contributed by atoms with Crippen LogP contribution >= 0.6 is 0 Å². The summed E-state index contributed by atoms with van der Waals surface area (Å²) in [5.41, 5.74) is 3.44. The summed E-state index contributed by atoms with van der Waals surface area (Å²) in [7, 11) is -3.69. The van der Waals surface area contributed by atoms with E-state index in [0.29, 0.717) is 62.3 Å². The summed E-state index contributed by atoms with van der Waals surface area (Å²) in [4.78, 5) is 51.9. The van der Waals surface area contributed by atoms with Crippen LogP contribution in [0.15, 0.2) is 70.4 Å². The first-order valence-corrected chi connectivity index (χ1v) is 20.2. The van der Waals surface area contributed by atoms with E-state index in [0.717, 1.165) is 35.1 Å². The van der Waals surface area contributed by atoms with E-state index in [1.54, 1.807) is 36.4 Å². The molecule has 2 aliphatic rings. The molecule has 0 radical (unpaired) electrons. The zero-order chi connectivity index (χ0) is 39.3. The second kappa shape index (κ2) is 16.8. The number of morpholine rings is 1. The Bertz CT molecular complexity index is 2180. The molecule has 5 N–H and O–H groups in total. The zero-order valence-corrected chi connectivity index (χ0v) is 32.5. The number of carbonyl (C=O) groups is 3. The Morgan fingerprint density at radius 2 is 1.65 bits per heavy atom. The summed E-state index contributed by atoms with van der Waals surface area (Å²) >= 11 is 0. The number of benzene rings is 3. The lowest BCUT2D eigenvalue weighted by Crippen LogP contribution is -2.48. The number of H-pyrrole nitrogens is 2. The maximum atomic E-state index is 13.8. The molecule has 2 fully saturated rings. The van der Waals surface area contributed by atoms with Crippen molar-refractivity contribution in [3.63, 3.8) is 0 Å². The number of aryl methyl sites for hydroxylation is 1. The lowest BCUT2D eigenvalue weighted by atomic mass is 9.81. The summed E-state index contributed by atoms with van der Waals surface area (Å²) in [5, 5.41) is 14.5. The van der Waals surface area contributed by atoms with Gasteiger partial charge in [-0.3, -0.25) is 24.6 Å². The second-order valence-corrected chi connectivity index (χ2v) is 17.3. The SMILES string of the molecule is Cc1ccc(S(=O)(=O)N2CCOCC2)cc1-c1ccc(C[C@H](NC(=O)[C@H]2CC[C@H](CNC(=O)OC(C)(C)C)CC2)C(=O)Nc2ccc3c(=O)[nH][nH]c3c2)cc1. The van der Waals surface area contributed by atoms with Crippen molar-refractivity contribution in [2.75, 3.05) is 38.2 Å². The number of nitrogens with zero attached hydrogens (tertiary/aromatic N) is 1. The number of sulfonamides is 1. The Labute approximate surface area is 320 Å². The van der Waals surface area contributed by atoms with Crippen molar-refractivity contribution in [1.29, 1.82) is 0 Å². The zero-order valence-electron chi connectivity index (χ0n) is 31.7. The number of carbonyl (C=O) groups excluding carboxylic acids is 3. The largest absolute Gasteiger partial charge is 0.444 e. The van der Waals surface area contributed by atoms with Crippen LogP contribution in [0.2, 0.25) is 0 Å². The highest BCUT2D eigenvalue weighted by Gasteiger charge is 2.31. The Hall–Kier alpha value is -4.99. The fourth-order valence-electron chi connectivity index (χ4n) is 7.08. The van der Waals surface area contributed by atoms with Gasteiger partial charge >= 0.3 is 6.09 Å². The molecular formula is C40H50N6O8S. The number of fused-ring (bicyclic) bond motifs is 1. The van der Waals surface area contributed by atoms with Gasteiger partial charge in [-0.1, -0.05) is 30.3 Å². The number of anilines is 1. The van der Waals surface area contributed by atoms with Gasteiger partial charge in [-0.2, -0.15) is 4.31 Å². The van der Waals surface area contributed by atoms with Crippen molar-refractivity contribution in [3.8, 4) is 11.1 Å². The molecule has 1 saturated heterocycles. The quantitative estimate of drug-likeness (QED) is 0.143. The number of amides is 3. The van der Waals surface area contributed by atoms with E-state index >= 15 is 0 Å². The second-order valence-electron chi connectivity index (χ2n) is 15.4. The van der Waals surface area contributed by atoms with Crippen molar-refractivity contribution >= 4 is 44.5 Å². The first-order chi connectivity index (χ1) is 26.2. The number of nitrogens with one attached hydrogen (secondary N) is 5. The molecule has 4 aromatic rings. The van der Waals surface area contributed by atoms with Gasteiger partial charge in [0, 0.05) is 37.7 Å². The van der Waals surface area contributed by atoms with Gasteiger partial charge in [0.25, 0.3) is 5.56 Å². The Morgan fingerprint density at radius 3 is 2.35 bits per heavy atom. The van der Waals surface area contributed by atoms with Crippen molar-refractivity contribution in [1.82, 2.24) is 25.1 Å². The normalized spacial score (nSPS) is 18.7. The smallest absolute Gasteiger partial charge is 0.407 e. The summed E-state index contributed by atoms with van der Waals surface area (Å²) in [6, 6.07) is 16.7. The highest BCUT2D eigenvalue weighted by Crippen LogP contribution is 2.30. The number of rotatable bonds is 11. The van der Waals surface area contributed by atoms with Gasteiger partial charge in [0.1, 0.15) is 11.6 Å². The van der Waals surface area contributed by atoms with Gasteiger partial charge in [0.2, 0.25) is 21.8 Å². The molecule has 1 atom stereocenters. The van der Waals surface area contributed by atoms with Crippen LogP contribution in [0.3, 0.4) is 0 Å². The molecule has 2 heterocycles. The minimum absolute atomic E-state index is 0.195. The van der Waals surface area contributed by atoms with E-state index in [9.17, 15) is 27.6 Å². The molecule has 0 spiro atoms. The van der Waals surface area contributed by atoms with Crippen LogP contribution in [-0.4, -0.2) is 85.3 Å². The molecule has 1 aliphatic carbocycles. The lowest BCUT2D eigenvalue weighted by Gasteiger charge is -2.29. The van der Waals surface area contributed by atoms with Crippen LogP contribution in [0, 0.1) is 18.8 Å². The van der Waals surface area contributed by atoms with Crippen LogP contribution < -0.4 is 21.5 Å². The van der Waals surface area contributed by atoms with Crippen molar-refractivity contribution < 1.29 is 32.3 Å². The molecule has 55 heavy (non-hydrogen) atoms. The molecular weight excluding hydrogens is 725 g/mol. The predicted octanol–water partition coefficient (Wildman–Crippen LogP) is 4.85. The van der Waals surface area contributed by atoms with E-state index in [2.05, 4.69) is 26.1 Å². The number of alkyl carbamates (subject to hydrolysis) is 1. The highest BCUT2D eigenvalue weighted by molar-refractivity contribution is 7.89. The summed E-state index contributed by atoms with van der Waals surface area (Å²) in [6.07, 6.45) is 2.46. The van der Waals surface area contributed by atoms with Crippen LogP contribution in [0.5, 0.6) is 0 Å². The fraction of sp³-hybridized carbons (Fsp3) is 0.450. The predicted molar refractivity (Wildman–Crippen MR) is 209 cm³/mol. The third-order valence-corrected chi connectivity index (χ3v) is 12.0. The first-order valence-electron chi connectivity index (χ1n) is 18.7. The highest BCUT2D eigenvalue weighted by atomic mass is 32.2. The molecule has 294 valence electrons. The number of aromatic nitrogens is 2. The van der Waals surface area contributed by atoms with E-state index < -0.39 is 33.7 Å². The van der Waals surface area contributed by atoms with Crippen LogP contribution in [0.4, 0.5) is 10.5 Å². The average Bonchev–Trinajstić information content (AvgIpc) is 3.53. The standard InChI is InChI=1S/C40H50N6O8S/c1-25-5-15-31(55(51,52)46-17-19-53-20-18-46)23-33(25)28-10-6-26(7-11-28)21-35(38(49)42-30-14-16-32-34(22-30)44-45-37(32)48)43-36(47)29-12-8-27(9-13-29)24-41-39(50)54-40(2,3)4/h5-7,10-11,14-16,22-23,27,29,35H,8-9,12-13,17-21,24H2,1-4H3,(H,41,50)(H,42,49)(H,43,47)(H2,44,45,48)/t27-,29-,35-/m0/s1. The van der Waals surface area contributed by atoms with E-state index in [-0.39, 0.29) is 34.6 Å². The average molecular weight is 775 g/mol. The van der Waals surface area contributed by atoms with Crippen molar-refractivity contribution in [2.45, 2.75) is 76.3 Å². The van der Waals surface area contributed by atoms with Gasteiger partial charge < -0.3 is 25.4 Å². The van der Waals surface area contributed by atoms with Gasteiger partial charge in [-0.15, -0.1) is 0 Å². The molecule has 3 amide bonds. The molecule has 1 aliphatic heterocycles. The summed E-state index contributed by atoms with van der Waals surface area (Å²) in [6.45, 7) is 9.16. The molecule has 14 nitrogen and oxygen atoms in total. The molecule has 1 aromatic heterocycles. The van der Waals surface area contributed by atoms with Gasteiger partial charge in [0.05, 0.1) is 29.0 Å².